The fourth-order valence-corrected chi connectivity index (χ4v) is 3.52. The number of amides is 1. The van der Waals surface area contributed by atoms with Gasteiger partial charge in [-0.3, -0.25) is 4.79 Å². The van der Waals surface area contributed by atoms with Crippen LogP contribution in [0.3, 0.4) is 0 Å². The molecule has 94 valence electrons. The van der Waals surface area contributed by atoms with E-state index in [1.807, 2.05) is 0 Å². The number of carbonyl (C=O) groups is 1. The third-order valence-electron chi connectivity index (χ3n) is 1.71. The first-order valence-corrected chi connectivity index (χ1v) is 7.63. The molecule has 0 atom stereocenters. The highest BCUT2D eigenvalue weighted by Gasteiger charge is 2.19. The summed E-state index contributed by atoms with van der Waals surface area (Å²) < 4.78 is 46.2. The molecule has 0 aliphatic carbocycles. The molecule has 0 spiro atoms. The summed E-state index contributed by atoms with van der Waals surface area (Å²) >= 11 is 0. The van der Waals surface area contributed by atoms with Gasteiger partial charge in [0.05, 0.1) is 11.2 Å². The first-order chi connectivity index (χ1) is 7.62. The Morgan fingerprint density at radius 1 is 1.12 bits per heavy atom. The molecule has 1 amide bonds. The quantitative estimate of drug-likeness (QED) is 0.733. The summed E-state index contributed by atoms with van der Waals surface area (Å²) in [7, 11) is -8.04. The van der Waals surface area contributed by atoms with Gasteiger partial charge in [0, 0.05) is 5.56 Å². The number of nitrogens with one attached hydrogen (secondary N) is 1. The first-order valence-electron chi connectivity index (χ1n) is 4.25. The molecule has 0 radical (unpaired) electrons. The molecule has 1 rings (SSSR count). The highest BCUT2D eigenvalue weighted by atomic mass is 32.3. The van der Waals surface area contributed by atoms with Crippen LogP contribution in [0.25, 0.3) is 0 Å². The lowest BCUT2D eigenvalue weighted by Crippen LogP contribution is -2.29. The van der Waals surface area contributed by atoms with Crippen molar-refractivity contribution in [3.63, 3.8) is 0 Å². The Kier molecular flexibility index (Phi) is 3.55. The largest absolute Gasteiger partial charge is 0.366 e. The van der Waals surface area contributed by atoms with Crippen LogP contribution < -0.4 is 9.86 Å². The Morgan fingerprint density at radius 2 is 1.59 bits per heavy atom. The molecule has 1 aromatic rings. The highest BCUT2D eigenvalue weighted by Crippen LogP contribution is 2.10. The van der Waals surface area contributed by atoms with Crippen LogP contribution in [0.2, 0.25) is 0 Å². The van der Waals surface area contributed by atoms with E-state index in [0.29, 0.717) is 0 Å². The standard InChI is InChI=1S/C8H10N2O5S2/c1-16(12,13)10-17(14,15)7-4-2-6(3-5-7)8(9)11/h2-5,10H,1H3,(H2,9,11). The predicted octanol–water partition coefficient (Wildman–Crippen LogP) is -0.977. The number of rotatable bonds is 4. The number of nitrogens with two attached hydrogens (primary N) is 1. The highest BCUT2D eigenvalue weighted by molar-refractivity contribution is 8.04. The van der Waals surface area contributed by atoms with E-state index in [9.17, 15) is 21.6 Å². The number of sulfonamides is 2. The molecule has 0 fully saturated rings. The second-order valence-electron chi connectivity index (χ2n) is 3.25. The maximum atomic E-state index is 11.5. The molecule has 0 bridgehead atoms. The van der Waals surface area contributed by atoms with Crippen molar-refractivity contribution in [1.29, 1.82) is 0 Å². The smallest absolute Gasteiger partial charge is 0.253 e. The van der Waals surface area contributed by atoms with Gasteiger partial charge in [-0.15, -0.1) is 4.13 Å². The topological polar surface area (TPSA) is 123 Å². The molecule has 0 heterocycles. The Bertz CT molecular complexity index is 631. The van der Waals surface area contributed by atoms with Gasteiger partial charge in [-0.2, -0.15) is 0 Å². The van der Waals surface area contributed by atoms with E-state index in [1.54, 1.807) is 0 Å². The van der Waals surface area contributed by atoms with E-state index in [2.05, 4.69) is 0 Å². The van der Waals surface area contributed by atoms with Crippen molar-refractivity contribution >= 4 is 26.0 Å². The summed E-state index contributed by atoms with van der Waals surface area (Å²) in [5.41, 5.74) is 5.10. The van der Waals surface area contributed by atoms with Crippen molar-refractivity contribution in [2.75, 3.05) is 6.26 Å². The summed E-state index contributed by atoms with van der Waals surface area (Å²) in [5, 5.41) is 0. The second kappa shape index (κ2) is 4.43. The van der Waals surface area contributed by atoms with Gasteiger partial charge in [0.2, 0.25) is 15.9 Å². The average Bonchev–Trinajstić information content (AvgIpc) is 2.14. The zero-order chi connectivity index (χ0) is 13.3. The minimum absolute atomic E-state index is 0.128. The lowest BCUT2D eigenvalue weighted by atomic mass is 10.2. The molecule has 0 aromatic heterocycles. The van der Waals surface area contributed by atoms with Crippen LogP contribution in [0.15, 0.2) is 29.2 Å². The van der Waals surface area contributed by atoms with E-state index in [4.69, 9.17) is 5.73 Å². The maximum absolute atomic E-state index is 11.5. The van der Waals surface area contributed by atoms with Crippen LogP contribution in [0, 0.1) is 0 Å². The van der Waals surface area contributed by atoms with Gasteiger partial charge in [0.25, 0.3) is 10.0 Å². The van der Waals surface area contributed by atoms with Crippen LogP contribution in [0.1, 0.15) is 10.4 Å². The Morgan fingerprint density at radius 3 is 1.94 bits per heavy atom. The molecule has 0 saturated carbocycles. The van der Waals surface area contributed by atoms with E-state index >= 15 is 0 Å². The van der Waals surface area contributed by atoms with Crippen molar-refractivity contribution < 1.29 is 21.6 Å². The summed E-state index contributed by atoms with van der Waals surface area (Å²) in [6.07, 6.45) is 0.725. The summed E-state index contributed by atoms with van der Waals surface area (Å²) in [4.78, 5) is 10.5. The molecule has 9 heteroatoms. The van der Waals surface area contributed by atoms with Gasteiger partial charge in [0.1, 0.15) is 0 Å². The van der Waals surface area contributed by atoms with Crippen molar-refractivity contribution in [2.45, 2.75) is 4.90 Å². The molecule has 0 aliphatic heterocycles. The van der Waals surface area contributed by atoms with Gasteiger partial charge in [-0.25, -0.2) is 16.8 Å². The lowest BCUT2D eigenvalue weighted by Gasteiger charge is -2.04. The minimum atomic E-state index is -4.15. The second-order valence-corrected chi connectivity index (χ2v) is 6.94. The summed E-state index contributed by atoms with van der Waals surface area (Å²) in [6.45, 7) is 0. The molecule has 1 aromatic carbocycles. The number of benzene rings is 1. The Labute approximate surface area is 98.7 Å². The fourth-order valence-electron chi connectivity index (χ4n) is 1.05. The first kappa shape index (κ1) is 13.6. The van der Waals surface area contributed by atoms with Gasteiger partial charge >= 0.3 is 0 Å². The summed E-state index contributed by atoms with van der Waals surface area (Å²) in [6, 6.07) is 4.57. The normalized spacial score (nSPS) is 12.3. The lowest BCUT2D eigenvalue weighted by molar-refractivity contribution is 0.1000. The molecule has 17 heavy (non-hydrogen) atoms. The zero-order valence-electron chi connectivity index (χ0n) is 8.74. The number of carbonyl (C=O) groups excluding carboxylic acids is 1. The van der Waals surface area contributed by atoms with Crippen molar-refractivity contribution in [1.82, 2.24) is 4.13 Å². The van der Waals surface area contributed by atoms with Crippen LogP contribution in [-0.2, 0) is 20.0 Å². The average molecular weight is 278 g/mol. The zero-order valence-corrected chi connectivity index (χ0v) is 10.4. The van der Waals surface area contributed by atoms with Gasteiger partial charge in [0.15, 0.2) is 0 Å². The number of hydrogen-bond acceptors (Lipinski definition) is 5. The van der Waals surface area contributed by atoms with E-state index < -0.39 is 26.0 Å². The van der Waals surface area contributed by atoms with Crippen LogP contribution >= 0.6 is 0 Å². The molecule has 3 N–H and O–H groups in total. The SMILES string of the molecule is CS(=O)(=O)NS(=O)(=O)c1ccc(C(N)=O)cc1. The molecular weight excluding hydrogens is 268 g/mol. The number of primary amides is 1. The molecule has 7 nitrogen and oxygen atoms in total. The van der Waals surface area contributed by atoms with Gasteiger partial charge in [-0.1, -0.05) is 0 Å². The van der Waals surface area contributed by atoms with Crippen LogP contribution in [0.4, 0.5) is 0 Å². The maximum Gasteiger partial charge on any atom is 0.253 e. The molecule has 0 saturated heterocycles. The predicted molar refractivity (Wildman–Crippen MR) is 60.1 cm³/mol. The third-order valence-corrected chi connectivity index (χ3v) is 4.69. The van der Waals surface area contributed by atoms with Crippen molar-refractivity contribution in [2.24, 2.45) is 5.73 Å². The van der Waals surface area contributed by atoms with E-state index in [-0.39, 0.29) is 10.5 Å². The van der Waals surface area contributed by atoms with Crippen LogP contribution in [-0.4, -0.2) is 29.0 Å². The van der Waals surface area contributed by atoms with Crippen molar-refractivity contribution in [3.05, 3.63) is 29.8 Å². The monoisotopic (exact) mass is 278 g/mol. The fraction of sp³-hybridized carbons (Fsp3) is 0.125. The summed E-state index contributed by atoms with van der Waals surface area (Å²) in [5.74, 6) is -0.704. The molecule has 0 unspecified atom stereocenters. The molecular formula is C8H10N2O5S2. The number of hydrogen-bond donors (Lipinski definition) is 2. The van der Waals surface area contributed by atoms with Gasteiger partial charge in [-0.05, 0) is 24.3 Å². The van der Waals surface area contributed by atoms with Crippen LogP contribution in [0.5, 0.6) is 0 Å². The Hall–Kier alpha value is -1.45. The Balaban J connectivity index is 3.13. The minimum Gasteiger partial charge on any atom is -0.366 e. The van der Waals surface area contributed by atoms with Crippen molar-refractivity contribution in [3.8, 4) is 0 Å². The van der Waals surface area contributed by atoms with E-state index in [1.165, 1.54) is 16.3 Å². The van der Waals surface area contributed by atoms with Gasteiger partial charge < -0.3 is 5.73 Å². The molecule has 0 aliphatic rings. The van der Waals surface area contributed by atoms with E-state index in [0.717, 1.165) is 18.4 Å². The third kappa shape index (κ3) is 3.80.